The van der Waals surface area contributed by atoms with Crippen LogP contribution in [0.3, 0.4) is 0 Å². The summed E-state index contributed by atoms with van der Waals surface area (Å²) in [7, 11) is 1.97. The molecule has 0 amide bonds. The van der Waals surface area contributed by atoms with Crippen molar-refractivity contribution < 1.29 is 0 Å². The Bertz CT molecular complexity index is 648. The fourth-order valence-electron chi connectivity index (χ4n) is 3.64. The highest BCUT2D eigenvalue weighted by molar-refractivity contribution is 5.34. The molecule has 0 saturated heterocycles. The van der Waals surface area contributed by atoms with E-state index in [1.165, 1.54) is 17.0 Å². The van der Waals surface area contributed by atoms with Crippen molar-refractivity contribution >= 4 is 0 Å². The summed E-state index contributed by atoms with van der Waals surface area (Å²) in [6.45, 7) is 7.82. The zero-order chi connectivity index (χ0) is 15.2. The van der Waals surface area contributed by atoms with Crippen LogP contribution in [0.1, 0.15) is 49.0 Å². The lowest BCUT2D eigenvalue weighted by molar-refractivity contribution is 0.275. The molecule has 21 heavy (non-hydrogen) atoms. The first kappa shape index (κ1) is 14.4. The molecule has 0 spiro atoms. The first-order chi connectivity index (χ1) is 9.85. The van der Waals surface area contributed by atoms with Crippen molar-refractivity contribution in [1.82, 2.24) is 14.3 Å². The Labute approximate surface area is 126 Å². The quantitative estimate of drug-likeness (QED) is 0.943. The number of nitrogens with two attached hydrogens (primary N) is 1. The van der Waals surface area contributed by atoms with Crippen LogP contribution in [0, 0.1) is 12.3 Å². The highest BCUT2D eigenvalue weighted by atomic mass is 15.2. The topological polar surface area (TPSA) is 48.8 Å². The molecule has 2 aromatic rings. The predicted molar refractivity (Wildman–Crippen MR) is 85.1 cm³/mol. The molecule has 3 rings (SSSR count). The van der Waals surface area contributed by atoms with Crippen molar-refractivity contribution in [2.75, 3.05) is 0 Å². The van der Waals surface area contributed by atoms with Crippen LogP contribution in [-0.2, 0) is 26.4 Å². The summed E-state index contributed by atoms with van der Waals surface area (Å²) in [6, 6.07) is 4.56. The normalized spacial score (nSPS) is 20.5. The maximum absolute atomic E-state index is 6.39. The third-order valence-corrected chi connectivity index (χ3v) is 4.63. The van der Waals surface area contributed by atoms with Crippen molar-refractivity contribution in [2.45, 2.75) is 52.6 Å². The molecule has 0 aromatic carbocycles. The lowest BCUT2D eigenvalue weighted by Crippen LogP contribution is -2.30. The maximum atomic E-state index is 6.39. The van der Waals surface area contributed by atoms with Crippen LogP contribution in [-0.4, -0.2) is 14.3 Å². The van der Waals surface area contributed by atoms with Gasteiger partial charge in [-0.1, -0.05) is 13.8 Å². The summed E-state index contributed by atoms with van der Waals surface area (Å²) in [5, 5.41) is 4.47. The zero-order valence-electron chi connectivity index (χ0n) is 13.6. The van der Waals surface area contributed by atoms with E-state index in [9.17, 15) is 0 Å². The Morgan fingerprint density at radius 3 is 2.86 bits per heavy atom. The van der Waals surface area contributed by atoms with Gasteiger partial charge < -0.3 is 10.3 Å². The third kappa shape index (κ3) is 2.77. The van der Waals surface area contributed by atoms with Crippen LogP contribution in [0.2, 0.25) is 0 Å². The molecule has 2 N–H and O–H groups in total. The first-order valence-electron chi connectivity index (χ1n) is 7.79. The third-order valence-electron chi connectivity index (χ3n) is 4.63. The Kier molecular flexibility index (Phi) is 3.44. The number of hydrogen-bond acceptors (Lipinski definition) is 2. The summed E-state index contributed by atoms with van der Waals surface area (Å²) in [4.78, 5) is 0. The minimum absolute atomic E-state index is 0.179. The van der Waals surface area contributed by atoms with Crippen LogP contribution in [0.25, 0.3) is 0 Å². The molecule has 4 heteroatoms. The number of aryl methyl sites for hydroxylation is 3. The molecule has 114 valence electrons. The molecule has 1 unspecified atom stereocenters. The number of hydrogen-bond donors (Lipinski definition) is 1. The average Bonchev–Trinajstić information content (AvgIpc) is 2.90. The van der Waals surface area contributed by atoms with E-state index in [0.717, 1.165) is 31.5 Å². The molecule has 1 atom stereocenters. The summed E-state index contributed by atoms with van der Waals surface area (Å²) in [5.74, 6) is 0. The van der Waals surface area contributed by atoms with E-state index in [1.54, 1.807) is 0 Å². The molecule has 0 aliphatic heterocycles. The smallest absolute Gasteiger partial charge is 0.0642 e. The van der Waals surface area contributed by atoms with Crippen molar-refractivity contribution in [1.29, 1.82) is 0 Å². The largest absolute Gasteiger partial charge is 0.348 e. The van der Waals surface area contributed by atoms with Crippen LogP contribution in [0.5, 0.6) is 0 Å². The standard InChI is InChI=1S/C17H26N4/c1-12-9-14-15(18)10-17(2,3)11-16(14)21(12)8-6-13-5-7-20(4)19-13/h5,7,9,15H,6,8,10-11,18H2,1-4H3. The molecular weight excluding hydrogens is 260 g/mol. The monoisotopic (exact) mass is 286 g/mol. The van der Waals surface area contributed by atoms with Crippen LogP contribution >= 0.6 is 0 Å². The van der Waals surface area contributed by atoms with E-state index in [1.807, 2.05) is 17.9 Å². The molecular formula is C17H26N4. The van der Waals surface area contributed by atoms with Gasteiger partial charge in [0.1, 0.15) is 0 Å². The van der Waals surface area contributed by atoms with Gasteiger partial charge >= 0.3 is 0 Å². The molecule has 1 aliphatic rings. The summed E-state index contributed by atoms with van der Waals surface area (Å²) in [5.41, 5.74) is 11.9. The van der Waals surface area contributed by atoms with Crippen molar-refractivity contribution in [3.05, 3.63) is 41.0 Å². The molecule has 2 aromatic heterocycles. The van der Waals surface area contributed by atoms with Gasteiger partial charge in [0.25, 0.3) is 0 Å². The highest BCUT2D eigenvalue weighted by Gasteiger charge is 2.33. The number of aromatic nitrogens is 3. The van der Waals surface area contributed by atoms with Crippen LogP contribution in [0.15, 0.2) is 18.3 Å². The van der Waals surface area contributed by atoms with Gasteiger partial charge in [0.05, 0.1) is 5.69 Å². The van der Waals surface area contributed by atoms with Crippen molar-refractivity contribution in [3.8, 4) is 0 Å². The van der Waals surface area contributed by atoms with Gasteiger partial charge in [0.15, 0.2) is 0 Å². The van der Waals surface area contributed by atoms with E-state index in [-0.39, 0.29) is 6.04 Å². The predicted octanol–water partition coefficient (Wildman–Crippen LogP) is 2.74. The molecule has 0 radical (unpaired) electrons. The van der Waals surface area contributed by atoms with Gasteiger partial charge in [-0.15, -0.1) is 0 Å². The van der Waals surface area contributed by atoms with Crippen LogP contribution in [0.4, 0.5) is 0 Å². The summed E-state index contributed by atoms with van der Waals surface area (Å²) >= 11 is 0. The van der Waals surface area contributed by atoms with Crippen molar-refractivity contribution in [2.24, 2.45) is 18.2 Å². The van der Waals surface area contributed by atoms with Gasteiger partial charge in [0, 0.05) is 43.6 Å². The van der Waals surface area contributed by atoms with Crippen LogP contribution < -0.4 is 5.73 Å². The Morgan fingerprint density at radius 1 is 1.43 bits per heavy atom. The molecule has 0 fully saturated rings. The van der Waals surface area contributed by atoms with E-state index in [0.29, 0.717) is 5.41 Å². The zero-order valence-corrected chi connectivity index (χ0v) is 13.6. The van der Waals surface area contributed by atoms with Gasteiger partial charge in [-0.05, 0) is 42.9 Å². The lowest BCUT2D eigenvalue weighted by atomic mass is 9.74. The Balaban J connectivity index is 1.86. The number of rotatable bonds is 3. The molecule has 4 nitrogen and oxygen atoms in total. The first-order valence-corrected chi connectivity index (χ1v) is 7.79. The Hall–Kier alpha value is -1.55. The highest BCUT2D eigenvalue weighted by Crippen LogP contribution is 2.40. The minimum atomic E-state index is 0.179. The second-order valence-corrected chi connectivity index (χ2v) is 7.22. The SMILES string of the molecule is Cc1cc2c(n1CCc1ccn(C)n1)CC(C)(C)CC2N. The molecule has 2 heterocycles. The Morgan fingerprint density at radius 2 is 2.19 bits per heavy atom. The van der Waals surface area contributed by atoms with E-state index in [2.05, 4.69) is 42.6 Å². The lowest BCUT2D eigenvalue weighted by Gasteiger charge is -2.34. The molecule has 0 bridgehead atoms. The number of nitrogens with zero attached hydrogens (tertiary/aromatic N) is 3. The van der Waals surface area contributed by atoms with Gasteiger partial charge in [-0.3, -0.25) is 4.68 Å². The maximum Gasteiger partial charge on any atom is 0.0642 e. The molecule has 0 saturated carbocycles. The van der Waals surface area contributed by atoms with Gasteiger partial charge in [0.2, 0.25) is 0 Å². The fourth-order valence-corrected chi connectivity index (χ4v) is 3.64. The summed E-state index contributed by atoms with van der Waals surface area (Å²) in [6.07, 6.45) is 5.17. The van der Waals surface area contributed by atoms with E-state index < -0.39 is 0 Å². The molecule has 1 aliphatic carbocycles. The van der Waals surface area contributed by atoms with Crippen molar-refractivity contribution in [3.63, 3.8) is 0 Å². The number of fused-ring (bicyclic) bond motifs is 1. The second-order valence-electron chi connectivity index (χ2n) is 7.22. The van der Waals surface area contributed by atoms with E-state index in [4.69, 9.17) is 5.73 Å². The van der Waals surface area contributed by atoms with Gasteiger partial charge in [-0.25, -0.2) is 0 Å². The minimum Gasteiger partial charge on any atom is -0.348 e. The average molecular weight is 286 g/mol. The fraction of sp³-hybridized carbons (Fsp3) is 0.588. The van der Waals surface area contributed by atoms with Gasteiger partial charge in [-0.2, -0.15) is 5.10 Å². The second kappa shape index (κ2) is 5.02. The summed E-state index contributed by atoms with van der Waals surface area (Å²) < 4.78 is 4.32. The van der Waals surface area contributed by atoms with E-state index >= 15 is 0 Å².